The van der Waals surface area contributed by atoms with Crippen LogP contribution in [-0.4, -0.2) is 7.11 Å². The summed E-state index contributed by atoms with van der Waals surface area (Å²) in [6.07, 6.45) is 1.51. The third-order valence-corrected chi connectivity index (χ3v) is 3.48. The lowest BCUT2D eigenvalue weighted by Gasteiger charge is -2.08. The van der Waals surface area contributed by atoms with Crippen LogP contribution in [0.25, 0.3) is 0 Å². The molecule has 2 aromatic carbocycles. The highest BCUT2D eigenvalue weighted by atomic mass is 79.9. The van der Waals surface area contributed by atoms with Gasteiger partial charge < -0.3 is 10.5 Å². The number of rotatable bonds is 4. The van der Waals surface area contributed by atoms with Crippen LogP contribution in [-0.2, 0) is 12.8 Å². The molecule has 0 atom stereocenters. The first-order valence-corrected chi connectivity index (χ1v) is 6.76. The number of hydrogen-bond acceptors (Lipinski definition) is 2. The summed E-state index contributed by atoms with van der Waals surface area (Å²) in [4.78, 5) is 0. The van der Waals surface area contributed by atoms with Crippen molar-refractivity contribution in [1.29, 1.82) is 0 Å². The molecule has 0 bridgehead atoms. The summed E-state index contributed by atoms with van der Waals surface area (Å²) in [5.41, 5.74) is 7.97. The van der Waals surface area contributed by atoms with E-state index < -0.39 is 0 Å². The predicted molar refractivity (Wildman–Crippen MR) is 78.9 cm³/mol. The number of aryl methyl sites for hydroxylation is 2. The lowest BCUT2D eigenvalue weighted by molar-refractivity contribution is 0.414. The van der Waals surface area contributed by atoms with Crippen molar-refractivity contribution in [2.24, 2.45) is 0 Å². The molecule has 0 unspecified atom stereocenters. The van der Waals surface area contributed by atoms with Gasteiger partial charge in [0.25, 0.3) is 0 Å². The van der Waals surface area contributed by atoms with E-state index in [-0.39, 0.29) is 11.5 Å². The second-order valence-electron chi connectivity index (χ2n) is 4.31. The Kier molecular flexibility index (Phi) is 4.43. The Morgan fingerprint density at radius 3 is 2.47 bits per heavy atom. The second-order valence-corrected chi connectivity index (χ2v) is 5.22. The highest BCUT2D eigenvalue weighted by Gasteiger charge is 2.07. The zero-order valence-corrected chi connectivity index (χ0v) is 12.2. The Labute approximate surface area is 120 Å². The first kappa shape index (κ1) is 13.9. The van der Waals surface area contributed by atoms with E-state index in [9.17, 15) is 4.39 Å². The molecule has 0 amide bonds. The number of benzene rings is 2. The average molecular weight is 324 g/mol. The molecule has 0 aliphatic carbocycles. The molecule has 0 spiro atoms. The van der Waals surface area contributed by atoms with Gasteiger partial charge in [-0.3, -0.25) is 0 Å². The van der Waals surface area contributed by atoms with E-state index in [0.29, 0.717) is 10.9 Å². The van der Waals surface area contributed by atoms with Crippen molar-refractivity contribution in [2.45, 2.75) is 12.8 Å². The van der Waals surface area contributed by atoms with Gasteiger partial charge in [0.15, 0.2) is 0 Å². The highest BCUT2D eigenvalue weighted by molar-refractivity contribution is 9.10. The first-order valence-electron chi connectivity index (χ1n) is 5.96. The molecule has 0 fully saturated rings. The summed E-state index contributed by atoms with van der Waals surface area (Å²) in [5.74, 6) is 0.455. The van der Waals surface area contributed by atoms with Gasteiger partial charge in [-0.2, -0.15) is 0 Å². The van der Waals surface area contributed by atoms with Crippen LogP contribution in [0.4, 0.5) is 10.1 Å². The highest BCUT2D eigenvalue weighted by Crippen LogP contribution is 2.24. The minimum atomic E-state index is -0.376. The van der Waals surface area contributed by atoms with Crippen molar-refractivity contribution >= 4 is 21.6 Å². The number of nitrogen functional groups attached to an aromatic ring is 1. The smallest absolute Gasteiger partial charge is 0.147 e. The summed E-state index contributed by atoms with van der Waals surface area (Å²) in [6, 6.07) is 11.1. The molecule has 0 aliphatic heterocycles. The molecule has 0 aliphatic rings. The predicted octanol–water partition coefficient (Wildman–Crippen LogP) is 3.96. The second kappa shape index (κ2) is 6.06. The SMILES string of the molecule is COc1ccc(CCc2cc(Br)cc(F)c2N)cc1. The van der Waals surface area contributed by atoms with Crippen LogP contribution in [0.5, 0.6) is 5.75 Å². The standard InChI is InChI=1S/C15H15BrFNO/c1-19-13-6-3-10(4-7-13)2-5-11-8-12(16)9-14(17)15(11)18/h3-4,6-9H,2,5,18H2,1H3. The molecule has 19 heavy (non-hydrogen) atoms. The number of anilines is 1. The minimum absolute atomic E-state index is 0.233. The van der Waals surface area contributed by atoms with Gasteiger partial charge in [-0.05, 0) is 48.2 Å². The summed E-state index contributed by atoms with van der Waals surface area (Å²) >= 11 is 3.28. The Balaban J connectivity index is 2.09. The van der Waals surface area contributed by atoms with Gasteiger partial charge in [0, 0.05) is 4.47 Å². The summed E-state index contributed by atoms with van der Waals surface area (Å²) in [7, 11) is 1.64. The third-order valence-electron chi connectivity index (χ3n) is 3.02. The summed E-state index contributed by atoms with van der Waals surface area (Å²) in [6.45, 7) is 0. The van der Waals surface area contributed by atoms with Gasteiger partial charge in [-0.15, -0.1) is 0 Å². The minimum Gasteiger partial charge on any atom is -0.497 e. The molecule has 4 heteroatoms. The molecule has 0 radical (unpaired) electrons. The maximum absolute atomic E-state index is 13.5. The Bertz CT molecular complexity index is 569. The van der Waals surface area contributed by atoms with Crippen LogP contribution in [0, 0.1) is 5.82 Å². The maximum Gasteiger partial charge on any atom is 0.147 e. The van der Waals surface area contributed by atoms with Gasteiger partial charge in [0.05, 0.1) is 12.8 Å². The molecule has 2 N–H and O–H groups in total. The van der Waals surface area contributed by atoms with Crippen LogP contribution in [0.2, 0.25) is 0 Å². The number of hydrogen-bond donors (Lipinski definition) is 1. The maximum atomic E-state index is 13.5. The molecule has 100 valence electrons. The van der Waals surface area contributed by atoms with E-state index in [4.69, 9.17) is 10.5 Å². The van der Waals surface area contributed by atoms with Crippen LogP contribution < -0.4 is 10.5 Å². The molecule has 0 aromatic heterocycles. The number of halogens is 2. The average Bonchev–Trinajstić information content (AvgIpc) is 2.41. The zero-order chi connectivity index (χ0) is 13.8. The van der Waals surface area contributed by atoms with Crippen molar-refractivity contribution in [1.82, 2.24) is 0 Å². The number of ether oxygens (including phenoxy) is 1. The first-order chi connectivity index (χ1) is 9.10. The van der Waals surface area contributed by atoms with E-state index in [1.165, 1.54) is 11.6 Å². The monoisotopic (exact) mass is 323 g/mol. The summed E-state index contributed by atoms with van der Waals surface area (Å²) in [5, 5.41) is 0. The topological polar surface area (TPSA) is 35.2 Å². The fourth-order valence-electron chi connectivity index (χ4n) is 1.92. The molecule has 0 heterocycles. The summed E-state index contributed by atoms with van der Waals surface area (Å²) < 4.78 is 19.3. The third kappa shape index (κ3) is 3.47. The van der Waals surface area contributed by atoms with Crippen molar-refractivity contribution in [2.75, 3.05) is 12.8 Å². The molecular formula is C15H15BrFNO. The van der Waals surface area contributed by atoms with Gasteiger partial charge in [-0.1, -0.05) is 28.1 Å². The Morgan fingerprint density at radius 1 is 1.16 bits per heavy atom. The van der Waals surface area contributed by atoms with Crippen molar-refractivity contribution in [3.8, 4) is 5.75 Å². The van der Waals surface area contributed by atoms with Crippen molar-refractivity contribution in [3.63, 3.8) is 0 Å². The fourth-order valence-corrected chi connectivity index (χ4v) is 2.39. The van der Waals surface area contributed by atoms with E-state index in [1.54, 1.807) is 7.11 Å². The fraction of sp³-hybridized carbons (Fsp3) is 0.200. The molecular weight excluding hydrogens is 309 g/mol. The lowest BCUT2D eigenvalue weighted by Crippen LogP contribution is -2.00. The van der Waals surface area contributed by atoms with Crippen LogP contribution >= 0.6 is 15.9 Å². The number of nitrogens with two attached hydrogens (primary N) is 1. The molecule has 0 saturated heterocycles. The van der Waals surface area contributed by atoms with Gasteiger partial charge >= 0.3 is 0 Å². The van der Waals surface area contributed by atoms with Crippen molar-refractivity contribution in [3.05, 3.63) is 57.8 Å². The van der Waals surface area contributed by atoms with E-state index in [1.807, 2.05) is 30.3 Å². The largest absolute Gasteiger partial charge is 0.497 e. The molecule has 2 nitrogen and oxygen atoms in total. The quantitative estimate of drug-likeness (QED) is 0.864. The lowest BCUT2D eigenvalue weighted by atomic mass is 10.0. The molecule has 0 saturated carbocycles. The Morgan fingerprint density at radius 2 is 1.84 bits per heavy atom. The van der Waals surface area contributed by atoms with E-state index >= 15 is 0 Å². The van der Waals surface area contributed by atoms with Gasteiger partial charge in [0.2, 0.25) is 0 Å². The molecule has 2 rings (SSSR count). The number of methoxy groups -OCH3 is 1. The van der Waals surface area contributed by atoms with Gasteiger partial charge in [-0.25, -0.2) is 4.39 Å². The van der Waals surface area contributed by atoms with E-state index in [2.05, 4.69) is 15.9 Å². The molecule has 2 aromatic rings. The zero-order valence-electron chi connectivity index (χ0n) is 10.6. The normalized spacial score (nSPS) is 10.5. The Hall–Kier alpha value is -1.55. The van der Waals surface area contributed by atoms with Gasteiger partial charge in [0.1, 0.15) is 11.6 Å². The van der Waals surface area contributed by atoms with E-state index in [0.717, 1.165) is 17.7 Å². The van der Waals surface area contributed by atoms with Crippen LogP contribution in [0.1, 0.15) is 11.1 Å². The van der Waals surface area contributed by atoms with Crippen LogP contribution in [0.15, 0.2) is 40.9 Å². The van der Waals surface area contributed by atoms with Crippen molar-refractivity contribution < 1.29 is 9.13 Å². The van der Waals surface area contributed by atoms with Crippen LogP contribution in [0.3, 0.4) is 0 Å².